The first-order valence-corrected chi connectivity index (χ1v) is 15.7. The summed E-state index contributed by atoms with van der Waals surface area (Å²) >= 11 is 3.36. The number of carbonyl (C=O) groups is 4. The van der Waals surface area contributed by atoms with E-state index in [1.807, 2.05) is 0 Å². The van der Waals surface area contributed by atoms with Crippen LogP contribution >= 0.6 is 15.9 Å². The number of ether oxygens (including phenoxy) is 5. The van der Waals surface area contributed by atoms with E-state index in [-0.39, 0.29) is 42.1 Å². The number of hydrogen-bond acceptors (Lipinski definition) is 12. The molecule has 1 fully saturated rings. The van der Waals surface area contributed by atoms with Gasteiger partial charge in [-0.1, -0.05) is 15.9 Å². The first kappa shape index (κ1) is 33.8. The third-order valence-corrected chi connectivity index (χ3v) is 9.24. The molecule has 0 N–H and O–H groups in total. The third-order valence-electron chi connectivity index (χ3n) is 8.71. The van der Waals surface area contributed by atoms with Crippen molar-refractivity contribution in [1.29, 1.82) is 0 Å². The van der Waals surface area contributed by atoms with Gasteiger partial charge in [0.2, 0.25) is 0 Å². The fourth-order valence-electron chi connectivity index (χ4n) is 6.42. The van der Waals surface area contributed by atoms with Crippen molar-refractivity contribution in [2.75, 3.05) is 6.61 Å². The maximum atomic E-state index is 13.8. The Morgan fingerprint density at radius 3 is 2.36 bits per heavy atom. The van der Waals surface area contributed by atoms with Crippen molar-refractivity contribution < 1.29 is 47.3 Å². The minimum Gasteiger partial charge on any atom is -0.482 e. The molecule has 0 amide bonds. The Morgan fingerprint density at radius 1 is 1.02 bits per heavy atom. The van der Waals surface area contributed by atoms with Crippen molar-refractivity contribution in [3.63, 3.8) is 0 Å². The number of pyridine rings is 1. The second-order valence-corrected chi connectivity index (χ2v) is 13.0. The predicted octanol–water partition coefficient (Wildman–Crippen LogP) is 5.36. The smallest absolute Gasteiger partial charge is 0.347 e. The van der Waals surface area contributed by atoms with Crippen LogP contribution < -0.4 is 10.4 Å². The van der Waals surface area contributed by atoms with Gasteiger partial charge in [0.15, 0.2) is 0 Å². The highest BCUT2D eigenvalue weighted by Gasteiger charge is 2.61. The third kappa shape index (κ3) is 7.09. The van der Waals surface area contributed by atoms with E-state index >= 15 is 0 Å². The Morgan fingerprint density at radius 2 is 1.74 bits per heavy atom. The van der Waals surface area contributed by atoms with Gasteiger partial charge in [-0.25, -0.2) is 9.59 Å². The second-order valence-electron chi connectivity index (χ2n) is 12.1. The zero-order valence-corrected chi connectivity index (χ0v) is 28.0. The van der Waals surface area contributed by atoms with E-state index < -0.39 is 64.7 Å². The van der Waals surface area contributed by atoms with E-state index in [0.29, 0.717) is 5.56 Å². The van der Waals surface area contributed by atoms with Crippen LogP contribution in [0.25, 0.3) is 11.3 Å². The monoisotopic (exact) mass is 711 g/mol. The Balaban J connectivity index is 1.67. The van der Waals surface area contributed by atoms with Gasteiger partial charge in [0.1, 0.15) is 47.1 Å². The van der Waals surface area contributed by atoms with Gasteiger partial charge in [-0.05, 0) is 63.1 Å². The number of esters is 4. The van der Waals surface area contributed by atoms with Crippen molar-refractivity contribution in [3.8, 4) is 17.1 Å². The van der Waals surface area contributed by atoms with Crippen LogP contribution in [0.4, 0.5) is 0 Å². The van der Waals surface area contributed by atoms with Gasteiger partial charge in [0, 0.05) is 61.1 Å². The molecule has 1 aromatic carbocycles. The molecule has 0 bridgehead atoms. The van der Waals surface area contributed by atoms with E-state index in [1.165, 1.54) is 33.0 Å². The highest BCUT2D eigenvalue weighted by molar-refractivity contribution is 9.10. The molecule has 0 radical (unpaired) electrons. The lowest BCUT2D eigenvalue weighted by atomic mass is 9.62. The van der Waals surface area contributed by atoms with Gasteiger partial charge < -0.3 is 28.1 Å². The van der Waals surface area contributed by atoms with Crippen molar-refractivity contribution in [1.82, 2.24) is 4.98 Å². The molecule has 5 rings (SSSR count). The Hall–Kier alpha value is -4.52. The molecule has 248 valence electrons. The number of benzene rings is 1. The standard InChI is InChI=1S/C34H34BrNO11/c1-18(37)42-17-33(4,46-20(3)39)23-13-25-30(45-31(40)21-8-10-24(35)11-9-21)29-27(47-34(25,5)28(14-23)43-19(2)38)15-26(44-32(29)41)22-7-6-12-36-16-22/h6-12,15-16,23,25,28,30H,13-14,17H2,1-5H3/t23?,25-,28-,30-,33?,34-/m1/s1. The van der Waals surface area contributed by atoms with E-state index in [2.05, 4.69) is 20.9 Å². The molecule has 0 spiro atoms. The molecule has 1 aliphatic carbocycles. The Kier molecular flexibility index (Phi) is 9.58. The van der Waals surface area contributed by atoms with E-state index in [0.717, 1.165) is 4.47 Å². The van der Waals surface area contributed by atoms with Crippen LogP contribution in [0.2, 0.25) is 0 Å². The summed E-state index contributed by atoms with van der Waals surface area (Å²) in [4.78, 5) is 68.1. The van der Waals surface area contributed by atoms with E-state index in [1.54, 1.807) is 56.4 Å². The van der Waals surface area contributed by atoms with Crippen molar-refractivity contribution in [2.45, 2.75) is 70.9 Å². The van der Waals surface area contributed by atoms with Crippen molar-refractivity contribution >= 4 is 39.8 Å². The maximum absolute atomic E-state index is 13.8. The summed E-state index contributed by atoms with van der Waals surface area (Å²) in [6.07, 6.45) is 1.13. The first-order valence-electron chi connectivity index (χ1n) is 14.9. The van der Waals surface area contributed by atoms with Gasteiger partial charge in [0.05, 0.1) is 5.56 Å². The minimum atomic E-state index is -1.38. The van der Waals surface area contributed by atoms with Gasteiger partial charge >= 0.3 is 29.5 Å². The largest absolute Gasteiger partial charge is 0.482 e. The maximum Gasteiger partial charge on any atom is 0.347 e. The minimum absolute atomic E-state index is 0.0398. The lowest BCUT2D eigenvalue weighted by molar-refractivity contribution is -0.215. The van der Waals surface area contributed by atoms with Gasteiger partial charge in [-0.2, -0.15) is 0 Å². The summed E-state index contributed by atoms with van der Waals surface area (Å²) in [7, 11) is 0. The highest BCUT2D eigenvalue weighted by Crippen LogP contribution is 2.55. The molecule has 6 atom stereocenters. The van der Waals surface area contributed by atoms with Crippen LogP contribution in [0.5, 0.6) is 5.75 Å². The highest BCUT2D eigenvalue weighted by atomic mass is 79.9. The zero-order valence-electron chi connectivity index (χ0n) is 26.4. The van der Waals surface area contributed by atoms with Crippen LogP contribution in [0.3, 0.4) is 0 Å². The number of hydrogen-bond donors (Lipinski definition) is 0. The summed E-state index contributed by atoms with van der Waals surface area (Å²) in [5.41, 5.74) is -2.84. The molecule has 1 aliphatic heterocycles. The summed E-state index contributed by atoms with van der Waals surface area (Å²) in [6, 6.07) is 11.4. The van der Waals surface area contributed by atoms with Crippen molar-refractivity contribution in [2.24, 2.45) is 11.8 Å². The molecule has 2 aromatic heterocycles. The number of carbonyl (C=O) groups excluding carboxylic acids is 4. The lowest BCUT2D eigenvalue weighted by Crippen LogP contribution is -2.63. The SMILES string of the molecule is CC(=O)OCC(C)(OC(C)=O)C1C[C@@H]2[C@@H](OC(=O)c3ccc(Br)cc3)c3c(cc(-c4cccnc4)oc3=O)O[C@@]2(C)[C@H](OC(C)=O)C1. The van der Waals surface area contributed by atoms with Crippen molar-refractivity contribution in [3.05, 3.63) is 80.9 Å². The molecular formula is C34H34BrNO11. The number of halogens is 1. The lowest BCUT2D eigenvalue weighted by Gasteiger charge is -2.55. The summed E-state index contributed by atoms with van der Waals surface area (Å²) in [5.74, 6) is -3.73. The average molecular weight is 713 g/mol. The number of fused-ring (bicyclic) bond motifs is 2. The molecule has 1 saturated carbocycles. The fourth-order valence-corrected chi connectivity index (χ4v) is 6.69. The van der Waals surface area contributed by atoms with Crippen LogP contribution in [-0.2, 0) is 33.3 Å². The summed E-state index contributed by atoms with van der Waals surface area (Å²) in [6.45, 7) is 6.76. The normalized spacial score (nSPS) is 24.3. The van der Waals surface area contributed by atoms with Crippen LogP contribution in [0.1, 0.15) is 69.5 Å². The fraction of sp³-hybridized carbons (Fsp3) is 0.412. The molecule has 47 heavy (non-hydrogen) atoms. The van der Waals surface area contributed by atoms with E-state index in [9.17, 15) is 24.0 Å². The molecule has 3 aromatic rings. The predicted molar refractivity (Wildman–Crippen MR) is 168 cm³/mol. The average Bonchev–Trinajstić information content (AvgIpc) is 3.00. The van der Waals surface area contributed by atoms with Crippen LogP contribution in [-0.4, -0.2) is 52.8 Å². The van der Waals surface area contributed by atoms with E-state index in [4.69, 9.17) is 28.1 Å². The van der Waals surface area contributed by atoms with Gasteiger partial charge in [0.25, 0.3) is 0 Å². The Bertz CT molecular complexity index is 1740. The molecule has 3 heterocycles. The molecule has 0 saturated heterocycles. The topological polar surface area (TPSA) is 158 Å². The molecule has 2 unspecified atom stereocenters. The second kappa shape index (κ2) is 13.3. The van der Waals surface area contributed by atoms with Crippen LogP contribution in [0, 0.1) is 11.8 Å². The molecule has 12 nitrogen and oxygen atoms in total. The molecule has 13 heteroatoms. The molecule has 2 aliphatic rings. The number of rotatable bonds is 8. The quantitative estimate of drug-likeness (QED) is 0.218. The van der Waals surface area contributed by atoms with Crippen LogP contribution in [0.15, 0.2) is 68.5 Å². The summed E-state index contributed by atoms with van der Waals surface area (Å²) in [5, 5.41) is 0. The van der Waals surface area contributed by atoms with Gasteiger partial charge in [-0.3, -0.25) is 19.4 Å². The summed E-state index contributed by atoms with van der Waals surface area (Å²) < 4.78 is 36.2. The number of aromatic nitrogens is 1. The Labute approximate surface area is 278 Å². The molecular weight excluding hydrogens is 678 g/mol. The first-order chi connectivity index (χ1) is 22.2. The number of nitrogens with zero attached hydrogens (tertiary/aromatic N) is 1. The van der Waals surface area contributed by atoms with Gasteiger partial charge in [-0.15, -0.1) is 0 Å². The zero-order chi connectivity index (χ0) is 34.1.